The molecule has 0 spiro atoms. The molecule has 0 fully saturated rings. The van der Waals surface area contributed by atoms with E-state index < -0.39 is 0 Å². The molecule has 0 radical (unpaired) electrons. The van der Waals surface area contributed by atoms with E-state index in [0.717, 1.165) is 35.7 Å². The maximum Gasteiger partial charge on any atom is 0.164 e. The molecule has 0 heterocycles. The first kappa shape index (κ1) is 14.6. The summed E-state index contributed by atoms with van der Waals surface area (Å²) in [6.07, 6.45) is 1.81. The number of hydrogen-bond acceptors (Lipinski definition) is 4. The average Bonchev–Trinajstić information content (AvgIpc) is 2.38. The third-order valence-electron chi connectivity index (χ3n) is 2.60. The Morgan fingerprint density at radius 3 is 2.22 bits per heavy atom. The summed E-state index contributed by atoms with van der Waals surface area (Å²) >= 11 is 0. The van der Waals surface area contributed by atoms with Crippen molar-refractivity contribution in [1.29, 1.82) is 0 Å². The predicted molar refractivity (Wildman–Crippen MR) is 72.7 cm³/mol. The Labute approximate surface area is 109 Å². The van der Waals surface area contributed by atoms with Crippen LogP contribution in [0.3, 0.4) is 0 Å². The van der Waals surface area contributed by atoms with Crippen LogP contribution in [-0.2, 0) is 6.42 Å². The number of hydrogen-bond donors (Lipinski definition) is 1. The van der Waals surface area contributed by atoms with Crippen molar-refractivity contribution < 1.29 is 14.2 Å². The molecule has 0 saturated carbocycles. The quantitative estimate of drug-likeness (QED) is 0.773. The van der Waals surface area contributed by atoms with Crippen LogP contribution in [0.25, 0.3) is 0 Å². The Morgan fingerprint density at radius 1 is 1.00 bits per heavy atom. The average molecular weight is 253 g/mol. The first-order valence-electron chi connectivity index (χ1n) is 6.43. The molecule has 1 aromatic carbocycles. The molecule has 0 aromatic heterocycles. The van der Waals surface area contributed by atoms with E-state index in [4.69, 9.17) is 19.9 Å². The third-order valence-corrected chi connectivity index (χ3v) is 2.60. The summed E-state index contributed by atoms with van der Waals surface area (Å²) in [7, 11) is 1.64. The third kappa shape index (κ3) is 3.81. The minimum Gasteiger partial charge on any atom is -0.493 e. The normalized spacial score (nSPS) is 10.2. The molecule has 0 aliphatic carbocycles. The van der Waals surface area contributed by atoms with Crippen LogP contribution in [0.1, 0.15) is 25.8 Å². The van der Waals surface area contributed by atoms with E-state index in [-0.39, 0.29) is 0 Å². The zero-order chi connectivity index (χ0) is 13.4. The van der Waals surface area contributed by atoms with E-state index in [2.05, 4.69) is 0 Å². The van der Waals surface area contributed by atoms with Gasteiger partial charge in [-0.1, -0.05) is 0 Å². The smallest absolute Gasteiger partial charge is 0.164 e. The summed E-state index contributed by atoms with van der Waals surface area (Å²) in [5.41, 5.74) is 6.67. The minimum atomic E-state index is 0.601. The van der Waals surface area contributed by atoms with Gasteiger partial charge >= 0.3 is 0 Å². The second-order valence-corrected chi connectivity index (χ2v) is 3.87. The summed E-state index contributed by atoms with van der Waals surface area (Å²) < 4.78 is 16.5. The summed E-state index contributed by atoms with van der Waals surface area (Å²) in [5, 5.41) is 0. The van der Waals surface area contributed by atoms with Crippen LogP contribution in [0.4, 0.5) is 0 Å². The van der Waals surface area contributed by atoms with Crippen molar-refractivity contribution in [3.63, 3.8) is 0 Å². The lowest BCUT2D eigenvalue weighted by Gasteiger charge is -2.15. The van der Waals surface area contributed by atoms with Gasteiger partial charge in [-0.25, -0.2) is 0 Å². The summed E-state index contributed by atoms with van der Waals surface area (Å²) in [4.78, 5) is 0. The van der Waals surface area contributed by atoms with Crippen molar-refractivity contribution in [2.24, 2.45) is 5.73 Å². The van der Waals surface area contributed by atoms with Gasteiger partial charge in [-0.2, -0.15) is 0 Å². The predicted octanol–water partition coefficient (Wildman–Crippen LogP) is 2.38. The summed E-state index contributed by atoms with van der Waals surface area (Å²) in [6.45, 7) is 5.82. The SMILES string of the molecule is CCOc1cc(OCC)c(OC)cc1CCCN. The topological polar surface area (TPSA) is 53.7 Å². The molecule has 1 rings (SSSR count). The van der Waals surface area contributed by atoms with Gasteiger partial charge in [0.25, 0.3) is 0 Å². The molecule has 18 heavy (non-hydrogen) atoms. The molecule has 4 nitrogen and oxygen atoms in total. The molecule has 102 valence electrons. The van der Waals surface area contributed by atoms with Gasteiger partial charge in [-0.05, 0) is 44.9 Å². The van der Waals surface area contributed by atoms with Crippen LogP contribution in [-0.4, -0.2) is 26.9 Å². The Bertz CT molecular complexity index is 366. The van der Waals surface area contributed by atoms with E-state index in [9.17, 15) is 0 Å². The number of rotatable bonds is 8. The van der Waals surface area contributed by atoms with Gasteiger partial charge in [0.1, 0.15) is 5.75 Å². The molecule has 0 amide bonds. The number of aryl methyl sites for hydroxylation is 1. The Hall–Kier alpha value is -1.42. The fraction of sp³-hybridized carbons (Fsp3) is 0.571. The fourth-order valence-corrected chi connectivity index (χ4v) is 1.79. The van der Waals surface area contributed by atoms with E-state index >= 15 is 0 Å². The largest absolute Gasteiger partial charge is 0.493 e. The summed E-state index contributed by atoms with van der Waals surface area (Å²) in [6, 6.07) is 3.88. The maximum atomic E-state index is 5.64. The molecule has 0 bridgehead atoms. The van der Waals surface area contributed by atoms with Crippen molar-refractivity contribution in [3.05, 3.63) is 17.7 Å². The van der Waals surface area contributed by atoms with Crippen molar-refractivity contribution in [3.8, 4) is 17.2 Å². The van der Waals surface area contributed by atoms with Gasteiger partial charge in [0, 0.05) is 6.07 Å². The highest BCUT2D eigenvalue weighted by atomic mass is 16.5. The monoisotopic (exact) mass is 253 g/mol. The first-order chi connectivity index (χ1) is 8.76. The second-order valence-electron chi connectivity index (χ2n) is 3.87. The molecular weight excluding hydrogens is 230 g/mol. The molecule has 4 heteroatoms. The number of benzene rings is 1. The van der Waals surface area contributed by atoms with Crippen LogP contribution in [0.2, 0.25) is 0 Å². The van der Waals surface area contributed by atoms with Gasteiger partial charge in [-0.15, -0.1) is 0 Å². The van der Waals surface area contributed by atoms with Gasteiger partial charge in [0.05, 0.1) is 20.3 Å². The van der Waals surface area contributed by atoms with E-state index in [1.54, 1.807) is 7.11 Å². The van der Waals surface area contributed by atoms with Crippen LogP contribution in [0, 0.1) is 0 Å². The minimum absolute atomic E-state index is 0.601. The molecular formula is C14H23NO3. The van der Waals surface area contributed by atoms with E-state index in [0.29, 0.717) is 19.8 Å². The standard InChI is InChI=1S/C14H23NO3/c1-4-17-12-10-14(18-5-2)13(16-3)9-11(12)7-6-8-15/h9-10H,4-8,15H2,1-3H3. The number of nitrogens with two attached hydrogens (primary N) is 1. The van der Waals surface area contributed by atoms with Crippen LogP contribution in [0.5, 0.6) is 17.2 Å². The molecule has 0 aliphatic rings. The molecule has 0 saturated heterocycles. The van der Waals surface area contributed by atoms with Crippen molar-refractivity contribution in [2.45, 2.75) is 26.7 Å². The van der Waals surface area contributed by atoms with Gasteiger partial charge in [-0.3, -0.25) is 0 Å². The van der Waals surface area contributed by atoms with Crippen molar-refractivity contribution in [2.75, 3.05) is 26.9 Å². The molecule has 0 aliphatic heterocycles. The van der Waals surface area contributed by atoms with Crippen LogP contribution >= 0.6 is 0 Å². The number of methoxy groups -OCH3 is 1. The maximum absolute atomic E-state index is 5.64. The highest BCUT2D eigenvalue weighted by Gasteiger charge is 2.12. The lowest BCUT2D eigenvalue weighted by Crippen LogP contribution is -2.04. The molecule has 1 aromatic rings. The Kier molecular flexibility index (Phi) is 6.36. The highest BCUT2D eigenvalue weighted by molar-refractivity contribution is 5.50. The van der Waals surface area contributed by atoms with Crippen LogP contribution < -0.4 is 19.9 Å². The molecule has 2 N–H and O–H groups in total. The molecule has 0 atom stereocenters. The van der Waals surface area contributed by atoms with E-state index in [1.165, 1.54) is 0 Å². The van der Waals surface area contributed by atoms with Crippen molar-refractivity contribution in [1.82, 2.24) is 0 Å². The second kappa shape index (κ2) is 7.82. The summed E-state index contributed by atoms with van der Waals surface area (Å²) in [5.74, 6) is 2.32. The lowest BCUT2D eigenvalue weighted by atomic mass is 10.1. The van der Waals surface area contributed by atoms with Gasteiger partial charge in [0.2, 0.25) is 0 Å². The zero-order valence-electron chi connectivity index (χ0n) is 11.5. The Morgan fingerprint density at radius 2 is 1.67 bits per heavy atom. The fourth-order valence-electron chi connectivity index (χ4n) is 1.79. The van der Waals surface area contributed by atoms with Gasteiger partial charge in [0.15, 0.2) is 11.5 Å². The zero-order valence-corrected chi connectivity index (χ0v) is 11.5. The van der Waals surface area contributed by atoms with Crippen molar-refractivity contribution >= 4 is 0 Å². The van der Waals surface area contributed by atoms with Gasteiger partial charge < -0.3 is 19.9 Å². The van der Waals surface area contributed by atoms with E-state index in [1.807, 2.05) is 26.0 Å². The first-order valence-corrected chi connectivity index (χ1v) is 6.43. The Balaban J connectivity index is 3.05. The number of ether oxygens (including phenoxy) is 3. The molecule has 0 unspecified atom stereocenters. The lowest BCUT2D eigenvalue weighted by molar-refractivity contribution is 0.300. The van der Waals surface area contributed by atoms with Crippen LogP contribution in [0.15, 0.2) is 12.1 Å². The highest BCUT2D eigenvalue weighted by Crippen LogP contribution is 2.35.